The number of amides is 1. The molecule has 1 heterocycles. The summed E-state index contributed by atoms with van der Waals surface area (Å²) in [6.45, 7) is 1.12. The van der Waals surface area contributed by atoms with E-state index in [1.54, 1.807) is 18.2 Å². The van der Waals surface area contributed by atoms with Crippen molar-refractivity contribution in [2.75, 3.05) is 33.4 Å². The third kappa shape index (κ3) is 4.58. The molecular weight excluding hydrogens is 414 g/mol. The second-order valence-corrected chi connectivity index (χ2v) is 8.36. The van der Waals surface area contributed by atoms with Gasteiger partial charge in [-0.25, -0.2) is 8.42 Å². The van der Waals surface area contributed by atoms with Crippen molar-refractivity contribution in [1.82, 2.24) is 9.62 Å². The van der Waals surface area contributed by atoms with E-state index in [9.17, 15) is 23.3 Å². The smallest absolute Gasteiger partial charge is 0.311 e. The molecule has 1 fully saturated rings. The van der Waals surface area contributed by atoms with Crippen molar-refractivity contribution in [3.05, 3.63) is 63.7 Å². The SMILES string of the molecule is COc1ccc(C(=O)NCc2ccccc2S(=O)(=O)N2CCOCC2)cc1[N+](=O)[O-]. The van der Waals surface area contributed by atoms with E-state index in [-0.39, 0.29) is 41.5 Å². The van der Waals surface area contributed by atoms with Crippen LogP contribution in [0.15, 0.2) is 47.4 Å². The summed E-state index contributed by atoms with van der Waals surface area (Å²) < 4.78 is 37.5. The number of nitro groups is 1. The fourth-order valence-electron chi connectivity index (χ4n) is 3.08. The van der Waals surface area contributed by atoms with Crippen LogP contribution in [0.3, 0.4) is 0 Å². The van der Waals surface area contributed by atoms with Gasteiger partial charge in [-0.1, -0.05) is 18.2 Å². The average molecular weight is 435 g/mol. The lowest BCUT2D eigenvalue weighted by Crippen LogP contribution is -2.41. The van der Waals surface area contributed by atoms with E-state index in [2.05, 4.69) is 5.32 Å². The van der Waals surface area contributed by atoms with E-state index in [0.717, 1.165) is 6.07 Å². The van der Waals surface area contributed by atoms with Crippen molar-refractivity contribution < 1.29 is 27.6 Å². The lowest BCUT2D eigenvalue weighted by atomic mass is 10.1. The Hall–Kier alpha value is -3.02. The molecule has 0 atom stereocenters. The van der Waals surface area contributed by atoms with Gasteiger partial charge in [-0.3, -0.25) is 14.9 Å². The molecular formula is C19H21N3O7S. The number of sulfonamides is 1. The van der Waals surface area contributed by atoms with Crippen LogP contribution in [-0.2, 0) is 21.3 Å². The highest BCUT2D eigenvalue weighted by Crippen LogP contribution is 2.27. The molecule has 0 aliphatic carbocycles. The summed E-state index contributed by atoms with van der Waals surface area (Å²) in [6, 6.07) is 10.3. The molecule has 0 spiro atoms. The van der Waals surface area contributed by atoms with Gasteiger partial charge in [0, 0.05) is 31.3 Å². The molecule has 10 nitrogen and oxygen atoms in total. The maximum absolute atomic E-state index is 13.0. The Labute approximate surface area is 173 Å². The monoisotopic (exact) mass is 435 g/mol. The third-order valence-electron chi connectivity index (χ3n) is 4.64. The van der Waals surface area contributed by atoms with Crippen molar-refractivity contribution >= 4 is 21.6 Å². The summed E-state index contributed by atoms with van der Waals surface area (Å²) in [4.78, 5) is 23.1. The Morgan fingerprint density at radius 3 is 2.60 bits per heavy atom. The molecule has 1 saturated heterocycles. The van der Waals surface area contributed by atoms with Crippen LogP contribution >= 0.6 is 0 Å². The molecule has 0 saturated carbocycles. The van der Waals surface area contributed by atoms with Crippen LogP contribution in [0.25, 0.3) is 0 Å². The first kappa shape index (κ1) is 21.7. The second kappa shape index (κ2) is 9.20. The van der Waals surface area contributed by atoms with Gasteiger partial charge in [0.05, 0.1) is 30.1 Å². The molecule has 2 aromatic rings. The topological polar surface area (TPSA) is 128 Å². The van der Waals surface area contributed by atoms with Crippen LogP contribution in [0.1, 0.15) is 15.9 Å². The van der Waals surface area contributed by atoms with Gasteiger partial charge in [-0.2, -0.15) is 4.31 Å². The van der Waals surface area contributed by atoms with Gasteiger partial charge in [-0.15, -0.1) is 0 Å². The number of nitrogens with zero attached hydrogens (tertiary/aromatic N) is 2. The van der Waals surface area contributed by atoms with Crippen molar-refractivity contribution in [3.63, 3.8) is 0 Å². The highest BCUT2D eigenvalue weighted by atomic mass is 32.2. The maximum Gasteiger partial charge on any atom is 0.311 e. The molecule has 0 aromatic heterocycles. The van der Waals surface area contributed by atoms with Crippen molar-refractivity contribution in [2.45, 2.75) is 11.4 Å². The molecule has 11 heteroatoms. The summed E-state index contributed by atoms with van der Waals surface area (Å²) in [5.74, 6) is -0.530. The van der Waals surface area contributed by atoms with Crippen molar-refractivity contribution in [2.24, 2.45) is 0 Å². The van der Waals surface area contributed by atoms with Gasteiger partial charge in [0.2, 0.25) is 10.0 Å². The summed E-state index contributed by atoms with van der Waals surface area (Å²) >= 11 is 0. The number of morpholine rings is 1. The molecule has 1 amide bonds. The minimum atomic E-state index is -3.74. The fraction of sp³-hybridized carbons (Fsp3) is 0.316. The summed E-state index contributed by atoms with van der Waals surface area (Å²) in [5, 5.41) is 13.8. The quantitative estimate of drug-likeness (QED) is 0.516. The first-order chi connectivity index (χ1) is 14.3. The van der Waals surface area contributed by atoms with E-state index < -0.39 is 20.9 Å². The second-order valence-electron chi connectivity index (χ2n) is 6.45. The molecule has 1 N–H and O–H groups in total. The third-order valence-corrected chi connectivity index (χ3v) is 6.64. The predicted molar refractivity (Wildman–Crippen MR) is 107 cm³/mol. The maximum atomic E-state index is 13.0. The minimum Gasteiger partial charge on any atom is -0.490 e. The van der Waals surface area contributed by atoms with Crippen LogP contribution in [-0.4, -0.2) is 57.0 Å². The Balaban J connectivity index is 1.79. The molecule has 0 bridgehead atoms. The number of methoxy groups -OCH3 is 1. The van der Waals surface area contributed by atoms with Crippen LogP contribution in [0.4, 0.5) is 5.69 Å². The molecule has 160 valence electrons. The Morgan fingerprint density at radius 2 is 1.93 bits per heavy atom. The number of benzene rings is 2. The van der Waals surface area contributed by atoms with Crippen LogP contribution < -0.4 is 10.1 Å². The van der Waals surface area contributed by atoms with Crippen molar-refractivity contribution in [1.29, 1.82) is 0 Å². The number of ether oxygens (including phenoxy) is 2. The van der Waals surface area contributed by atoms with Crippen LogP contribution in [0.5, 0.6) is 5.75 Å². The van der Waals surface area contributed by atoms with E-state index in [1.807, 2.05) is 0 Å². The normalized spacial score (nSPS) is 14.8. The average Bonchev–Trinajstić information content (AvgIpc) is 2.77. The number of carbonyl (C=O) groups is 1. The summed E-state index contributed by atoms with van der Waals surface area (Å²) in [7, 11) is -2.44. The Bertz CT molecular complexity index is 1050. The standard InChI is InChI=1S/C19H21N3O7S/c1-28-17-7-6-14(12-16(17)22(24)25)19(23)20-13-15-4-2-3-5-18(15)30(26,27)21-8-10-29-11-9-21/h2-7,12H,8-11,13H2,1H3,(H,20,23). The largest absolute Gasteiger partial charge is 0.490 e. The number of nitrogens with one attached hydrogen (secondary N) is 1. The Morgan fingerprint density at radius 1 is 1.23 bits per heavy atom. The molecule has 2 aromatic carbocycles. The number of carbonyl (C=O) groups excluding carboxylic acids is 1. The molecule has 0 radical (unpaired) electrons. The van der Waals surface area contributed by atoms with E-state index in [0.29, 0.717) is 18.8 Å². The van der Waals surface area contributed by atoms with Gasteiger partial charge in [0.25, 0.3) is 5.91 Å². The molecule has 3 rings (SSSR count). The first-order valence-electron chi connectivity index (χ1n) is 9.11. The number of rotatable bonds is 7. The lowest BCUT2D eigenvalue weighted by molar-refractivity contribution is -0.385. The molecule has 1 aliphatic rings. The number of hydrogen-bond acceptors (Lipinski definition) is 7. The molecule has 0 unspecified atom stereocenters. The highest BCUT2D eigenvalue weighted by molar-refractivity contribution is 7.89. The first-order valence-corrected chi connectivity index (χ1v) is 10.5. The molecule has 1 aliphatic heterocycles. The summed E-state index contributed by atoms with van der Waals surface area (Å²) in [5.41, 5.74) is 0.150. The Kier molecular flexibility index (Phi) is 6.65. The van der Waals surface area contributed by atoms with Crippen molar-refractivity contribution in [3.8, 4) is 5.75 Å². The van der Waals surface area contributed by atoms with E-state index >= 15 is 0 Å². The zero-order chi connectivity index (χ0) is 21.7. The van der Waals surface area contributed by atoms with Gasteiger partial charge in [-0.05, 0) is 23.8 Å². The van der Waals surface area contributed by atoms with Crippen LogP contribution in [0, 0.1) is 10.1 Å². The van der Waals surface area contributed by atoms with E-state index in [4.69, 9.17) is 9.47 Å². The summed E-state index contributed by atoms with van der Waals surface area (Å²) in [6.07, 6.45) is 0. The highest BCUT2D eigenvalue weighted by Gasteiger charge is 2.28. The van der Waals surface area contributed by atoms with E-state index in [1.165, 1.54) is 29.6 Å². The van der Waals surface area contributed by atoms with Gasteiger partial charge in [0.1, 0.15) is 0 Å². The van der Waals surface area contributed by atoms with Crippen LogP contribution in [0.2, 0.25) is 0 Å². The fourth-order valence-corrected chi connectivity index (χ4v) is 4.71. The molecule has 30 heavy (non-hydrogen) atoms. The number of hydrogen-bond donors (Lipinski definition) is 1. The predicted octanol–water partition coefficient (Wildman–Crippen LogP) is 1.55. The van der Waals surface area contributed by atoms with Gasteiger partial charge in [0.15, 0.2) is 5.75 Å². The zero-order valence-corrected chi connectivity index (χ0v) is 17.1. The lowest BCUT2D eigenvalue weighted by Gasteiger charge is -2.27. The van der Waals surface area contributed by atoms with Gasteiger partial charge < -0.3 is 14.8 Å². The minimum absolute atomic E-state index is 0.0403. The number of nitro benzene ring substituents is 1. The zero-order valence-electron chi connectivity index (χ0n) is 16.2. The van der Waals surface area contributed by atoms with Gasteiger partial charge >= 0.3 is 5.69 Å².